The second-order valence-corrected chi connectivity index (χ2v) is 5.77. The fourth-order valence-electron chi connectivity index (χ4n) is 0.681. The number of thiol groups is 1. The summed E-state index contributed by atoms with van der Waals surface area (Å²) in [6.45, 7) is 6.20. The first-order valence-electron chi connectivity index (χ1n) is 6.26. The van der Waals surface area contributed by atoms with Crippen molar-refractivity contribution >= 4 is 36.0 Å². The lowest BCUT2D eigenvalue weighted by atomic mass is 10.6. The van der Waals surface area contributed by atoms with Crippen LogP contribution in [0.3, 0.4) is 0 Å². The molecule has 18 heavy (non-hydrogen) atoms. The number of rotatable bonds is 6. The monoisotopic (exact) mass is 316 g/mol. The number of thioether (sulfide) groups is 1. The van der Waals surface area contributed by atoms with E-state index in [0.29, 0.717) is 18.1 Å². The predicted octanol–water partition coefficient (Wildman–Crippen LogP) is 4.11. The van der Waals surface area contributed by atoms with Crippen molar-refractivity contribution in [2.45, 2.75) is 46.3 Å². The largest absolute Gasteiger partial charge is 0.372 e. The van der Waals surface area contributed by atoms with Gasteiger partial charge in [0.1, 0.15) is 0 Å². The highest BCUT2D eigenvalue weighted by Gasteiger charge is 2.21. The van der Waals surface area contributed by atoms with Crippen LogP contribution < -0.4 is 0 Å². The average Bonchev–Trinajstić information content (AvgIpc) is 3.22. The highest BCUT2D eigenvalue weighted by molar-refractivity contribution is 7.99. The first-order valence-corrected chi connectivity index (χ1v) is 8.58. The molecule has 2 saturated heterocycles. The van der Waals surface area contributed by atoms with Gasteiger partial charge in [-0.05, 0) is 24.3 Å². The van der Waals surface area contributed by atoms with E-state index in [2.05, 4.69) is 26.5 Å². The van der Waals surface area contributed by atoms with E-state index in [1.54, 1.807) is 0 Å². The molecule has 2 aliphatic rings. The molecule has 2 unspecified atom stereocenters. The molecule has 2 fully saturated rings. The molecule has 0 aromatic carbocycles. The molecule has 0 saturated carbocycles. The molecule has 0 amide bonds. The van der Waals surface area contributed by atoms with Gasteiger partial charge in [0.15, 0.2) is 0 Å². The normalized spacial score (nSPS) is 22.7. The third-order valence-electron chi connectivity index (χ3n) is 1.85. The lowest BCUT2D eigenvalue weighted by molar-refractivity contribution is 0.425. The van der Waals surface area contributed by atoms with Gasteiger partial charge in [0.25, 0.3) is 0 Å². The van der Waals surface area contributed by atoms with Crippen molar-refractivity contribution in [2.75, 3.05) is 36.4 Å². The summed E-state index contributed by atoms with van der Waals surface area (Å²) in [4.78, 5) is 0. The third-order valence-corrected chi connectivity index (χ3v) is 3.95. The van der Waals surface area contributed by atoms with Crippen molar-refractivity contribution in [3.05, 3.63) is 0 Å². The Hall–Kier alpha value is 0.910. The summed E-state index contributed by atoms with van der Waals surface area (Å²) in [5, 5.41) is 0. The van der Waals surface area contributed by atoms with Gasteiger partial charge in [-0.25, -0.2) is 0 Å². The second kappa shape index (κ2) is 16.0. The van der Waals surface area contributed by atoms with Crippen molar-refractivity contribution in [3.8, 4) is 0 Å². The summed E-state index contributed by atoms with van der Waals surface area (Å²) in [6.07, 6.45) is 3.49. The lowest BCUT2D eigenvalue weighted by Crippen LogP contribution is -1.89. The molecule has 2 nitrogen and oxygen atoms in total. The minimum Gasteiger partial charge on any atom is -0.372 e. The molecule has 0 N–H and O–H groups in total. The zero-order valence-electron chi connectivity index (χ0n) is 10.9. The fraction of sp³-hybridized carbons (Fsp3) is 1.00. The van der Waals surface area contributed by atoms with Crippen LogP contribution in [0.1, 0.15) is 34.1 Å². The van der Waals surface area contributed by atoms with E-state index in [1.165, 1.54) is 24.3 Å². The van der Waals surface area contributed by atoms with Gasteiger partial charge < -0.3 is 9.47 Å². The molecular formula is C13H29ClO2S2. The summed E-state index contributed by atoms with van der Waals surface area (Å²) < 4.78 is 9.76. The smallest absolute Gasteiger partial charge is 0.0944 e. The van der Waals surface area contributed by atoms with Crippen molar-refractivity contribution in [1.82, 2.24) is 0 Å². The van der Waals surface area contributed by atoms with Crippen LogP contribution >= 0.6 is 36.0 Å². The Balaban J connectivity index is 0. The minimum atomic E-state index is 0. The molecule has 5 heteroatoms. The zero-order valence-corrected chi connectivity index (χ0v) is 13.3. The number of halogens is 1. The van der Waals surface area contributed by atoms with Gasteiger partial charge in [0.2, 0.25) is 0 Å². The minimum absolute atomic E-state index is 0. The topological polar surface area (TPSA) is 25.1 Å². The quantitative estimate of drug-likeness (QED) is 0.345. The van der Waals surface area contributed by atoms with E-state index < -0.39 is 0 Å². The summed E-state index contributed by atoms with van der Waals surface area (Å²) >= 11 is 11.2. The van der Waals surface area contributed by atoms with Crippen molar-refractivity contribution < 1.29 is 9.47 Å². The first kappa shape index (κ1) is 21.2. The highest BCUT2D eigenvalue weighted by Crippen LogP contribution is 2.15. The average molecular weight is 317 g/mol. The third kappa shape index (κ3) is 19.3. The van der Waals surface area contributed by atoms with Crippen molar-refractivity contribution in [2.24, 2.45) is 0 Å². The van der Waals surface area contributed by atoms with Crippen molar-refractivity contribution in [3.63, 3.8) is 0 Å². The van der Waals surface area contributed by atoms with Gasteiger partial charge in [-0.15, -0.1) is 11.6 Å². The lowest BCUT2D eigenvalue weighted by Gasteiger charge is -1.91. The molecule has 0 aliphatic carbocycles. The Bertz CT molecular complexity index is 152. The molecule has 0 aromatic heterocycles. The van der Waals surface area contributed by atoms with Crippen molar-refractivity contribution in [1.29, 1.82) is 0 Å². The van der Waals surface area contributed by atoms with Gasteiger partial charge in [-0.3, -0.25) is 0 Å². The maximum Gasteiger partial charge on any atom is 0.0944 e. The molecule has 0 aromatic rings. The van der Waals surface area contributed by atoms with E-state index in [9.17, 15) is 0 Å². The molecule has 0 spiro atoms. The molecule has 2 heterocycles. The summed E-state index contributed by atoms with van der Waals surface area (Å²) in [7, 11) is 0. The first-order chi connectivity index (χ1) is 8.28. The Morgan fingerprint density at radius 3 is 1.89 bits per heavy atom. The Labute approximate surface area is 128 Å². The van der Waals surface area contributed by atoms with Crippen LogP contribution in [0.25, 0.3) is 0 Å². The Morgan fingerprint density at radius 2 is 1.67 bits per heavy atom. The zero-order chi connectivity index (χ0) is 12.9. The van der Waals surface area contributed by atoms with E-state index in [1.807, 2.05) is 11.8 Å². The predicted molar refractivity (Wildman–Crippen MR) is 88.7 cm³/mol. The Kier molecular flexibility index (Phi) is 18.8. The van der Waals surface area contributed by atoms with Crippen LogP contribution in [0.2, 0.25) is 0 Å². The summed E-state index contributed by atoms with van der Waals surface area (Å²) in [6, 6.07) is 0. The number of hydrogen-bond donors (Lipinski definition) is 1. The standard InChI is InChI=1S/C6H12OS.C3H5ClO.C3H8S.CH4/c1-2-3-8-5-6-4-7-6;4-1-3-2-5-3;1-2-3-4;/h6H,2-5H2,1H3;3H,1-2H2;4H,2-3H2,1H3;1H4. The number of ether oxygens (including phenoxy) is 2. The van der Waals surface area contributed by atoms with Crippen LogP contribution in [0.15, 0.2) is 0 Å². The van der Waals surface area contributed by atoms with Gasteiger partial charge in [-0.1, -0.05) is 21.3 Å². The maximum atomic E-state index is 5.27. The van der Waals surface area contributed by atoms with Gasteiger partial charge >= 0.3 is 0 Å². The molecule has 2 atom stereocenters. The molecule has 2 aliphatic heterocycles. The van der Waals surface area contributed by atoms with Crippen LogP contribution in [0.5, 0.6) is 0 Å². The van der Waals surface area contributed by atoms with E-state index >= 15 is 0 Å². The number of hydrogen-bond acceptors (Lipinski definition) is 4. The Morgan fingerprint density at radius 1 is 1.17 bits per heavy atom. The van der Waals surface area contributed by atoms with Crippen LogP contribution in [0.4, 0.5) is 0 Å². The number of epoxide rings is 2. The molecular weight excluding hydrogens is 288 g/mol. The van der Waals surface area contributed by atoms with Gasteiger partial charge in [0, 0.05) is 5.75 Å². The number of alkyl halides is 1. The fourth-order valence-corrected chi connectivity index (χ4v) is 1.77. The second-order valence-electron chi connectivity index (χ2n) is 3.86. The molecule has 0 bridgehead atoms. The van der Waals surface area contributed by atoms with E-state index in [-0.39, 0.29) is 7.43 Å². The van der Waals surface area contributed by atoms with Crippen LogP contribution in [-0.4, -0.2) is 48.6 Å². The highest BCUT2D eigenvalue weighted by atomic mass is 35.5. The van der Waals surface area contributed by atoms with Crippen LogP contribution in [0, 0.1) is 0 Å². The SMILES string of the molecule is C.CCCS.CCCSCC1CO1.ClCC1CO1. The summed E-state index contributed by atoms with van der Waals surface area (Å²) in [5.74, 6) is 4.19. The van der Waals surface area contributed by atoms with Gasteiger partial charge in [0.05, 0.1) is 31.3 Å². The molecule has 2 rings (SSSR count). The van der Waals surface area contributed by atoms with Crippen LogP contribution in [-0.2, 0) is 9.47 Å². The summed E-state index contributed by atoms with van der Waals surface area (Å²) in [5.41, 5.74) is 0. The molecule has 0 radical (unpaired) electrons. The van der Waals surface area contributed by atoms with E-state index in [4.69, 9.17) is 21.1 Å². The molecule has 112 valence electrons. The maximum absolute atomic E-state index is 5.27. The van der Waals surface area contributed by atoms with E-state index in [0.717, 1.165) is 19.0 Å². The van der Waals surface area contributed by atoms with Gasteiger partial charge in [-0.2, -0.15) is 24.4 Å².